The molecule has 2 atom stereocenters. The van der Waals surface area contributed by atoms with Crippen molar-refractivity contribution in [1.82, 2.24) is 3.11 Å². The predicted molar refractivity (Wildman–Crippen MR) is 40.8 cm³/mol. The summed E-state index contributed by atoms with van der Waals surface area (Å²) in [4.78, 5) is 0. The maximum Gasteiger partial charge on any atom is 0.148 e. The monoisotopic (exact) mass is 243 g/mol. The van der Waals surface area contributed by atoms with Crippen LogP contribution >= 0.6 is 22.9 Å². The summed E-state index contributed by atoms with van der Waals surface area (Å²) in [5.74, 6) is 0. The van der Waals surface area contributed by atoms with E-state index in [0.717, 1.165) is 0 Å². The van der Waals surface area contributed by atoms with Gasteiger partial charge < -0.3 is 8.22 Å². The lowest BCUT2D eigenvalue weighted by atomic mass is 10.2. The number of aliphatic hydroxyl groups excluding tert-OH is 1. The van der Waals surface area contributed by atoms with Crippen molar-refractivity contribution in [1.29, 1.82) is 0 Å². The van der Waals surface area contributed by atoms with E-state index < -0.39 is 12.3 Å². The summed E-state index contributed by atoms with van der Waals surface area (Å²) < 4.78 is 14.2. The van der Waals surface area contributed by atoms with Crippen molar-refractivity contribution in [2.75, 3.05) is 6.54 Å². The number of hydrogen-bond acceptors (Lipinski definition) is 2. The van der Waals surface area contributed by atoms with Gasteiger partial charge in [0.05, 0.1) is 29.4 Å². The average molecular weight is 243 g/mol. The molecule has 0 fully saturated rings. The van der Waals surface area contributed by atoms with E-state index in [-0.39, 0.29) is 6.54 Å². The fourth-order valence-corrected chi connectivity index (χ4v) is 1.20. The molecule has 1 heterocycles. The predicted octanol–water partition coefficient (Wildman–Crippen LogP) is 0.865. The first-order valence-corrected chi connectivity index (χ1v) is 3.59. The highest BCUT2D eigenvalue weighted by atomic mass is 127. The van der Waals surface area contributed by atoms with Gasteiger partial charge in [0.1, 0.15) is 12.3 Å². The molecule has 0 aliphatic carbocycles. The third kappa shape index (κ3) is 1.79. The van der Waals surface area contributed by atoms with Gasteiger partial charge in [-0.15, -0.1) is 0 Å². The van der Waals surface area contributed by atoms with E-state index in [0.29, 0.717) is 0 Å². The summed E-state index contributed by atoms with van der Waals surface area (Å²) in [5, 5.41) is 8.80. The van der Waals surface area contributed by atoms with Gasteiger partial charge in [0.25, 0.3) is 0 Å². The summed E-state index contributed by atoms with van der Waals surface area (Å²) in [7, 11) is 0. The molecule has 0 spiro atoms. The number of aliphatic hydroxyl groups is 1. The molecule has 0 saturated carbocycles. The Labute approximate surface area is 66.8 Å². The Balaban J connectivity index is 2.54. The number of alkyl halides is 1. The van der Waals surface area contributed by atoms with E-state index >= 15 is 0 Å². The highest BCUT2D eigenvalue weighted by Gasteiger charge is 2.20. The maximum absolute atomic E-state index is 12.5. The molecule has 2 nitrogen and oxygen atoms in total. The summed E-state index contributed by atoms with van der Waals surface area (Å²) in [6.45, 7) is 0.276. The second kappa shape index (κ2) is 2.83. The molecule has 0 radical (unpaired) electrons. The van der Waals surface area contributed by atoms with Gasteiger partial charge in [0, 0.05) is 6.20 Å². The highest BCUT2D eigenvalue weighted by Crippen LogP contribution is 2.13. The lowest BCUT2D eigenvalue weighted by Gasteiger charge is -2.22. The van der Waals surface area contributed by atoms with E-state index in [1.165, 1.54) is 6.08 Å². The van der Waals surface area contributed by atoms with Crippen molar-refractivity contribution in [2.45, 2.75) is 12.3 Å². The minimum Gasteiger partial charge on any atom is -0.386 e. The number of rotatable bonds is 0. The van der Waals surface area contributed by atoms with Crippen LogP contribution in [0.5, 0.6) is 0 Å². The smallest absolute Gasteiger partial charge is 0.148 e. The SMILES string of the molecule is OC1C=CN(I)CC1F. The summed E-state index contributed by atoms with van der Waals surface area (Å²) in [6.07, 6.45) is 1.07. The largest absolute Gasteiger partial charge is 0.386 e. The highest BCUT2D eigenvalue weighted by molar-refractivity contribution is 14.1. The first-order chi connectivity index (χ1) is 4.20. The Kier molecular flexibility index (Phi) is 2.29. The summed E-state index contributed by atoms with van der Waals surface area (Å²) >= 11 is 1.98. The number of nitrogens with zero attached hydrogens (tertiary/aromatic N) is 1. The molecule has 0 amide bonds. The molecule has 4 heteroatoms. The Morgan fingerprint density at radius 3 is 2.89 bits per heavy atom. The molecule has 1 aliphatic heterocycles. The Morgan fingerprint density at radius 2 is 2.44 bits per heavy atom. The molecule has 0 aromatic heterocycles. The molecule has 1 aliphatic rings. The van der Waals surface area contributed by atoms with E-state index in [1.807, 2.05) is 22.9 Å². The van der Waals surface area contributed by atoms with Crippen LogP contribution in [-0.2, 0) is 0 Å². The Morgan fingerprint density at radius 1 is 1.78 bits per heavy atom. The van der Waals surface area contributed by atoms with Crippen LogP contribution in [0.3, 0.4) is 0 Å². The van der Waals surface area contributed by atoms with Crippen LogP contribution in [0.15, 0.2) is 12.3 Å². The number of halogens is 2. The van der Waals surface area contributed by atoms with Crippen LogP contribution in [0, 0.1) is 0 Å². The van der Waals surface area contributed by atoms with Crippen LogP contribution in [0.25, 0.3) is 0 Å². The molecular formula is C5H7FINO. The average Bonchev–Trinajstić information content (AvgIpc) is 1.80. The lowest BCUT2D eigenvalue weighted by molar-refractivity contribution is 0.101. The van der Waals surface area contributed by atoms with Crippen LogP contribution in [-0.4, -0.2) is 27.0 Å². The molecule has 9 heavy (non-hydrogen) atoms. The van der Waals surface area contributed by atoms with Gasteiger partial charge >= 0.3 is 0 Å². The molecule has 52 valence electrons. The molecule has 0 aromatic rings. The van der Waals surface area contributed by atoms with Gasteiger partial charge in [-0.1, -0.05) is 0 Å². The van der Waals surface area contributed by atoms with Crippen molar-refractivity contribution in [3.8, 4) is 0 Å². The van der Waals surface area contributed by atoms with Crippen molar-refractivity contribution in [3.05, 3.63) is 12.3 Å². The van der Waals surface area contributed by atoms with Crippen LogP contribution in [0.1, 0.15) is 0 Å². The Hall–Kier alpha value is 0.160. The normalized spacial score (nSPS) is 35.2. The summed E-state index contributed by atoms with van der Waals surface area (Å²) in [5.41, 5.74) is 0. The molecule has 1 rings (SSSR count). The third-order valence-electron chi connectivity index (χ3n) is 1.16. The van der Waals surface area contributed by atoms with Crippen molar-refractivity contribution < 1.29 is 9.50 Å². The number of hydrogen-bond donors (Lipinski definition) is 1. The standard InChI is InChI=1S/C5H7FINO/c6-4-3-8(7)2-1-5(4)9/h1-2,4-5,9H,3H2. The van der Waals surface area contributed by atoms with Gasteiger partial charge in [0.15, 0.2) is 0 Å². The van der Waals surface area contributed by atoms with Gasteiger partial charge in [-0.25, -0.2) is 4.39 Å². The zero-order chi connectivity index (χ0) is 6.85. The minimum absolute atomic E-state index is 0.276. The quantitative estimate of drug-likeness (QED) is 0.504. The Bertz CT molecular complexity index is 130. The lowest BCUT2D eigenvalue weighted by Crippen LogP contribution is -2.32. The van der Waals surface area contributed by atoms with Crippen LogP contribution in [0.4, 0.5) is 4.39 Å². The summed E-state index contributed by atoms with van der Waals surface area (Å²) in [6, 6.07) is 0. The first kappa shape index (κ1) is 7.27. The van der Waals surface area contributed by atoms with Gasteiger partial charge in [-0.05, 0) is 6.08 Å². The second-order valence-electron chi connectivity index (χ2n) is 1.93. The van der Waals surface area contributed by atoms with Crippen molar-refractivity contribution >= 4 is 22.9 Å². The maximum atomic E-state index is 12.5. The van der Waals surface area contributed by atoms with Crippen LogP contribution in [0.2, 0.25) is 0 Å². The molecule has 0 bridgehead atoms. The topological polar surface area (TPSA) is 23.5 Å². The fourth-order valence-electron chi connectivity index (χ4n) is 0.638. The van der Waals surface area contributed by atoms with Crippen molar-refractivity contribution in [3.63, 3.8) is 0 Å². The van der Waals surface area contributed by atoms with Crippen LogP contribution < -0.4 is 0 Å². The van der Waals surface area contributed by atoms with Gasteiger partial charge in [0.2, 0.25) is 0 Å². The molecule has 2 unspecified atom stereocenters. The van der Waals surface area contributed by atoms with E-state index in [2.05, 4.69) is 0 Å². The van der Waals surface area contributed by atoms with Gasteiger partial charge in [-0.2, -0.15) is 0 Å². The molecular weight excluding hydrogens is 236 g/mol. The van der Waals surface area contributed by atoms with E-state index in [4.69, 9.17) is 5.11 Å². The van der Waals surface area contributed by atoms with Gasteiger partial charge in [-0.3, -0.25) is 0 Å². The zero-order valence-corrected chi connectivity index (χ0v) is 6.82. The first-order valence-electron chi connectivity index (χ1n) is 2.63. The van der Waals surface area contributed by atoms with E-state index in [9.17, 15) is 4.39 Å². The third-order valence-corrected chi connectivity index (χ3v) is 1.88. The molecule has 1 N–H and O–H groups in total. The molecule has 0 saturated heterocycles. The van der Waals surface area contributed by atoms with Crippen molar-refractivity contribution in [2.24, 2.45) is 0 Å². The zero-order valence-electron chi connectivity index (χ0n) is 4.67. The minimum atomic E-state index is -1.13. The van der Waals surface area contributed by atoms with E-state index in [1.54, 1.807) is 9.31 Å². The fraction of sp³-hybridized carbons (Fsp3) is 0.600. The second-order valence-corrected chi connectivity index (χ2v) is 3.17. The molecule has 0 aromatic carbocycles.